The molecule has 1 heterocycles. The van der Waals surface area contributed by atoms with Gasteiger partial charge in [0.05, 0.1) is 5.71 Å². The van der Waals surface area contributed by atoms with Crippen LogP contribution in [0.2, 0.25) is 13.1 Å². The van der Waals surface area contributed by atoms with E-state index in [1.807, 2.05) is 44.2 Å². The molecular weight excluding hydrogens is 266 g/mol. The van der Waals surface area contributed by atoms with Crippen molar-refractivity contribution >= 4 is 20.4 Å². The fraction of sp³-hybridized carbons (Fsp3) is 0.267. The van der Waals surface area contributed by atoms with E-state index in [4.69, 9.17) is 4.43 Å². The lowest BCUT2D eigenvalue weighted by Gasteiger charge is -2.11. The van der Waals surface area contributed by atoms with Gasteiger partial charge in [0, 0.05) is 11.9 Å². The highest BCUT2D eigenvalue weighted by atomic mass is 28.3. The molecule has 1 aromatic carbocycles. The Kier molecular flexibility index (Phi) is 4.63. The van der Waals surface area contributed by atoms with Crippen LogP contribution in [-0.4, -0.2) is 24.7 Å². The number of nitrogens with zero attached hydrogens (tertiary/aromatic N) is 3. The SMILES string of the molecule is CC(=Nc1ccccc1O[SiH](C)C)c1nccc(C)n1. The van der Waals surface area contributed by atoms with E-state index in [9.17, 15) is 0 Å². The van der Waals surface area contributed by atoms with E-state index in [-0.39, 0.29) is 0 Å². The van der Waals surface area contributed by atoms with Crippen molar-refractivity contribution in [3.8, 4) is 5.75 Å². The molecule has 0 aliphatic carbocycles. The standard InChI is InChI=1S/C15H19N3OSi/c1-11-9-10-16-15(17-11)12(2)18-13-7-5-6-8-14(13)19-20(3)4/h5-10,20H,1-4H3. The van der Waals surface area contributed by atoms with Crippen LogP contribution < -0.4 is 4.43 Å². The van der Waals surface area contributed by atoms with Crippen molar-refractivity contribution in [1.82, 2.24) is 9.97 Å². The summed E-state index contributed by atoms with van der Waals surface area (Å²) in [4.78, 5) is 13.3. The molecule has 0 radical (unpaired) electrons. The third-order valence-electron chi connectivity index (χ3n) is 2.63. The normalized spacial score (nSPS) is 11.8. The highest BCUT2D eigenvalue weighted by Crippen LogP contribution is 2.27. The molecule has 0 amide bonds. The van der Waals surface area contributed by atoms with E-state index >= 15 is 0 Å². The second-order valence-electron chi connectivity index (χ2n) is 4.85. The molecule has 0 N–H and O–H groups in total. The molecule has 0 atom stereocenters. The van der Waals surface area contributed by atoms with Gasteiger partial charge >= 0.3 is 0 Å². The van der Waals surface area contributed by atoms with Crippen LogP contribution in [0.4, 0.5) is 5.69 Å². The first-order valence-corrected chi connectivity index (χ1v) is 9.45. The third-order valence-corrected chi connectivity index (χ3v) is 3.36. The van der Waals surface area contributed by atoms with Gasteiger partial charge in [0.2, 0.25) is 9.04 Å². The Morgan fingerprint density at radius 2 is 1.95 bits per heavy atom. The highest BCUT2D eigenvalue weighted by molar-refractivity contribution is 6.49. The number of aromatic nitrogens is 2. The number of aryl methyl sites for hydroxylation is 1. The zero-order valence-corrected chi connectivity index (χ0v) is 13.4. The average Bonchev–Trinajstić information content (AvgIpc) is 2.40. The van der Waals surface area contributed by atoms with Crippen LogP contribution in [0.5, 0.6) is 5.75 Å². The van der Waals surface area contributed by atoms with Crippen molar-refractivity contribution in [1.29, 1.82) is 0 Å². The lowest BCUT2D eigenvalue weighted by atomic mass is 10.3. The Hall–Kier alpha value is -2.01. The van der Waals surface area contributed by atoms with Gasteiger partial charge in [0.15, 0.2) is 5.82 Å². The van der Waals surface area contributed by atoms with Crippen LogP contribution >= 0.6 is 0 Å². The summed E-state index contributed by atoms with van der Waals surface area (Å²) in [5, 5.41) is 0. The van der Waals surface area contributed by atoms with Crippen molar-refractivity contribution in [2.24, 2.45) is 4.99 Å². The van der Waals surface area contributed by atoms with E-state index in [1.165, 1.54) is 0 Å². The Balaban J connectivity index is 2.35. The predicted molar refractivity (Wildman–Crippen MR) is 84.6 cm³/mol. The van der Waals surface area contributed by atoms with Gasteiger partial charge in [-0.2, -0.15) is 0 Å². The summed E-state index contributed by atoms with van der Waals surface area (Å²) in [7, 11) is -1.15. The van der Waals surface area contributed by atoms with Crippen LogP contribution in [-0.2, 0) is 0 Å². The van der Waals surface area contributed by atoms with E-state index in [1.54, 1.807) is 6.20 Å². The zero-order chi connectivity index (χ0) is 14.5. The number of para-hydroxylation sites is 2. The van der Waals surface area contributed by atoms with Gasteiger partial charge in [0.1, 0.15) is 11.4 Å². The molecule has 0 saturated carbocycles. The number of benzene rings is 1. The summed E-state index contributed by atoms with van der Waals surface area (Å²) >= 11 is 0. The van der Waals surface area contributed by atoms with Gasteiger partial charge < -0.3 is 4.43 Å². The molecule has 0 bridgehead atoms. The van der Waals surface area contributed by atoms with Gasteiger partial charge in [0.25, 0.3) is 0 Å². The van der Waals surface area contributed by atoms with E-state index in [0.29, 0.717) is 5.82 Å². The Labute approximate surface area is 121 Å². The molecule has 5 heteroatoms. The van der Waals surface area contributed by atoms with Crippen LogP contribution in [0.15, 0.2) is 41.5 Å². The maximum absolute atomic E-state index is 5.90. The van der Waals surface area contributed by atoms with Gasteiger partial charge in [-0.1, -0.05) is 12.1 Å². The number of rotatable bonds is 4. The minimum Gasteiger partial charge on any atom is -0.546 e. The second-order valence-corrected chi connectivity index (χ2v) is 7.19. The first-order valence-electron chi connectivity index (χ1n) is 6.67. The summed E-state index contributed by atoms with van der Waals surface area (Å²) < 4.78 is 5.90. The fourth-order valence-corrected chi connectivity index (χ4v) is 2.46. The quantitative estimate of drug-likeness (QED) is 0.639. The molecule has 2 rings (SSSR count). The van der Waals surface area contributed by atoms with Crippen molar-refractivity contribution in [3.63, 3.8) is 0 Å². The molecule has 20 heavy (non-hydrogen) atoms. The van der Waals surface area contributed by atoms with Crippen molar-refractivity contribution in [2.75, 3.05) is 0 Å². The number of hydrogen-bond acceptors (Lipinski definition) is 4. The van der Waals surface area contributed by atoms with Gasteiger partial charge in [-0.25, -0.2) is 15.0 Å². The Morgan fingerprint density at radius 1 is 1.20 bits per heavy atom. The number of aliphatic imine (C=N–C) groups is 1. The van der Waals surface area contributed by atoms with Crippen LogP contribution in [0, 0.1) is 6.92 Å². The molecule has 104 valence electrons. The predicted octanol–water partition coefficient (Wildman–Crippen LogP) is 3.29. The van der Waals surface area contributed by atoms with Gasteiger partial charge in [-0.15, -0.1) is 0 Å². The third kappa shape index (κ3) is 3.74. The Morgan fingerprint density at radius 3 is 2.65 bits per heavy atom. The number of hydrogen-bond donors (Lipinski definition) is 0. The van der Waals surface area contributed by atoms with Crippen molar-refractivity contribution < 1.29 is 4.43 Å². The maximum atomic E-state index is 5.90. The van der Waals surface area contributed by atoms with Crippen LogP contribution in [0.3, 0.4) is 0 Å². The minimum absolute atomic E-state index is 0.654. The summed E-state index contributed by atoms with van der Waals surface area (Å²) in [6.45, 7) is 8.13. The van der Waals surface area contributed by atoms with Gasteiger partial charge in [-0.05, 0) is 45.1 Å². The lowest BCUT2D eigenvalue weighted by Crippen LogP contribution is -2.11. The van der Waals surface area contributed by atoms with E-state index < -0.39 is 9.04 Å². The average molecular weight is 285 g/mol. The molecule has 0 aliphatic rings. The molecule has 1 aromatic heterocycles. The molecule has 0 aliphatic heterocycles. The lowest BCUT2D eigenvalue weighted by molar-refractivity contribution is 0.582. The molecule has 0 spiro atoms. The molecule has 0 unspecified atom stereocenters. The summed E-state index contributed by atoms with van der Waals surface area (Å²) in [5.74, 6) is 1.49. The van der Waals surface area contributed by atoms with Crippen molar-refractivity contribution in [3.05, 3.63) is 48.0 Å². The minimum atomic E-state index is -1.15. The van der Waals surface area contributed by atoms with Gasteiger partial charge in [-0.3, -0.25) is 0 Å². The highest BCUT2D eigenvalue weighted by Gasteiger charge is 2.07. The van der Waals surface area contributed by atoms with Crippen LogP contribution in [0.1, 0.15) is 18.4 Å². The first-order chi connectivity index (χ1) is 9.56. The smallest absolute Gasteiger partial charge is 0.229 e. The monoisotopic (exact) mass is 285 g/mol. The molecule has 4 nitrogen and oxygen atoms in total. The first kappa shape index (κ1) is 14.4. The molecule has 0 fully saturated rings. The van der Waals surface area contributed by atoms with E-state index in [2.05, 4.69) is 28.1 Å². The summed E-state index contributed by atoms with van der Waals surface area (Å²) in [5.41, 5.74) is 2.55. The van der Waals surface area contributed by atoms with Crippen molar-refractivity contribution in [2.45, 2.75) is 26.9 Å². The van der Waals surface area contributed by atoms with Crippen LogP contribution in [0.25, 0.3) is 0 Å². The summed E-state index contributed by atoms with van der Waals surface area (Å²) in [6.07, 6.45) is 1.75. The summed E-state index contributed by atoms with van der Waals surface area (Å²) in [6, 6.07) is 9.70. The molecular formula is C15H19N3OSi. The zero-order valence-electron chi connectivity index (χ0n) is 12.3. The molecule has 2 aromatic rings. The maximum Gasteiger partial charge on any atom is 0.229 e. The topological polar surface area (TPSA) is 47.4 Å². The molecule has 0 saturated heterocycles. The van der Waals surface area contributed by atoms with E-state index in [0.717, 1.165) is 22.8 Å². The second kappa shape index (κ2) is 6.43. The fourth-order valence-electron chi connectivity index (χ4n) is 1.76. The Bertz CT molecular complexity index is 626. The largest absolute Gasteiger partial charge is 0.546 e.